The monoisotopic (exact) mass is 911 g/mol. The molecule has 5 nitrogen and oxygen atoms in total. The normalized spacial score (nSPS) is 13.3. The van der Waals surface area contributed by atoms with Gasteiger partial charge in [-0.15, -0.1) is 0 Å². The Hall–Kier alpha value is -3.96. The van der Waals surface area contributed by atoms with E-state index in [2.05, 4.69) is 154 Å². The molecule has 0 radical (unpaired) electrons. The van der Waals surface area contributed by atoms with E-state index in [1.807, 2.05) is 0 Å². The molecule has 0 heterocycles. The van der Waals surface area contributed by atoms with Gasteiger partial charge < -0.3 is 14.2 Å². The van der Waals surface area contributed by atoms with E-state index in [9.17, 15) is 9.59 Å². The molecule has 0 N–H and O–H groups in total. The van der Waals surface area contributed by atoms with Crippen molar-refractivity contribution in [2.75, 3.05) is 19.8 Å². The largest absolute Gasteiger partial charge is 0.462 e. The van der Waals surface area contributed by atoms with Crippen LogP contribution in [-0.4, -0.2) is 37.9 Å². The Balaban J connectivity index is 4.44. The number of hydrogen-bond donors (Lipinski definition) is 0. The average Bonchev–Trinajstić information content (AvgIpc) is 3.32. The van der Waals surface area contributed by atoms with Crippen molar-refractivity contribution in [3.63, 3.8) is 0 Å². The third kappa shape index (κ3) is 52.7. The van der Waals surface area contributed by atoms with Crippen LogP contribution in [0.2, 0.25) is 0 Å². The quantitative estimate of drug-likeness (QED) is 0.0346. The first-order valence-corrected chi connectivity index (χ1v) is 26.7. The minimum Gasteiger partial charge on any atom is -0.462 e. The predicted octanol–water partition coefficient (Wildman–Crippen LogP) is 18.3. The highest BCUT2D eigenvalue weighted by molar-refractivity contribution is 5.70. The Bertz CT molecular complexity index is 1400. The molecule has 0 amide bonds. The SMILES string of the molecule is CC/C=C\C/C=C\C/C=C\C/C=C\C/C=C\CCCC(=O)OC(COCCCCCC/C=C\C/C=C\C/C=C\CC)COC(=O)CCCCCCCC/C=C\C/C=C\C/C=C\CCCCC. The molecule has 0 aromatic heterocycles. The number of allylic oxidation sites excluding steroid dienone is 22. The number of hydrogen-bond acceptors (Lipinski definition) is 5. The summed E-state index contributed by atoms with van der Waals surface area (Å²) in [5.74, 6) is -0.501. The van der Waals surface area contributed by atoms with Crippen molar-refractivity contribution in [2.45, 2.75) is 219 Å². The fourth-order valence-corrected chi connectivity index (χ4v) is 6.74. The number of unbranched alkanes of at least 4 members (excludes halogenated alkanes) is 14. The van der Waals surface area contributed by atoms with E-state index in [0.717, 1.165) is 122 Å². The summed E-state index contributed by atoms with van der Waals surface area (Å²) in [6.07, 6.45) is 79.0. The highest BCUT2D eigenvalue weighted by atomic mass is 16.6. The maximum absolute atomic E-state index is 12.8. The summed E-state index contributed by atoms with van der Waals surface area (Å²) in [6, 6.07) is 0. The number of ether oxygens (including phenoxy) is 3. The zero-order chi connectivity index (χ0) is 47.7. The molecule has 0 bridgehead atoms. The van der Waals surface area contributed by atoms with Gasteiger partial charge >= 0.3 is 11.9 Å². The van der Waals surface area contributed by atoms with Crippen LogP contribution in [0.15, 0.2) is 134 Å². The van der Waals surface area contributed by atoms with Gasteiger partial charge in [0.05, 0.1) is 6.61 Å². The van der Waals surface area contributed by atoms with Gasteiger partial charge in [0.1, 0.15) is 6.61 Å². The lowest BCUT2D eigenvalue weighted by molar-refractivity contribution is -0.162. The minimum absolute atomic E-state index is 0.0375. The molecule has 66 heavy (non-hydrogen) atoms. The van der Waals surface area contributed by atoms with E-state index >= 15 is 0 Å². The lowest BCUT2D eigenvalue weighted by Crippen LogP contribution is -2.30. The van der Waals surface area contributed by atoms with Crippen LogP contribution in [-0.2, 0) is 23.8 Å². The Morgan fingerprint density at radius 1 is 0.348 bits per heavy atom. The number of carbonyl (C=O) groups excluding carboxylic acids is 2. The third-order valence-corrected chi connectivity index (χ3v) is 10.7. The van der Waals surface area contributed by atoms with E-state index < -0.39 is 6.10 Å². The molecule has 0 aromatic rings. The van der Waals surface area contributed by atoms with E-state index in [-0.39, 0.29) is 25.2 Å². The molecule has 0 rings (SSSR count). The van der Waals surface area contributed by atoms with Gasteiger partial charge in [-0.3, -0.25) is 9.59 Å². The lowest BCUT2D eigenvalue weighted by atomic mass is 10.1. The second-order valence-electron chi connectivity index (χ2n) is 17.0. The summed E-state index contributed by atoms with van der Waals surface area (Å²) in [6.45, 7) is 7.43. The molecule has 1 atom stereocenters. The standard InChI is InChI=1S/C61H98O5/c1-4-7-10-13-16-19-22-25-28-30-31-33-34-36-39-42-45-48-51-54-60(62)65-58-59(57-64-56-53-50-47-44-41-38-27-24-21-18-15-12-9-6-3)66-61(63)55-52-49-46-43-40-37-35-32-29-26-23-20-17-14-11-8-5-2/h8-9,11-12,16-21,25-29,31,33,35,37-38,43,46,59H,4-7,10,13-15,22-24,30,32,34,36,39-42,44-45,47-58H2,1-3H3/b11-8-,12-9-,19-16-,20-17-,21-18-,28-25-,29-26-,33-31-,37-35-,38-27-,46-43-. The van der Waals surface area contributed by atoms with Gasteiger partial charge in [-0.2, -0.15) is 0 Å². The van der Waals surface area contributed by atoms with Crippen LogP contribution in [0.1, 0.15) is 213 Å². The van der Waals surface area contributed by atoms with E-state index in [1.54, 1.807) is 0 Å². The summed E-state index contributed by atoms with van der Waals surface area (Å²) < 4.78 is 17.3. The molecule has 0 spiro atoms. The first kappa shape index (κ1) is 62.0. The topological polar surface area (TPSA) is 61.8 Å². The molecule has 0 aliphatic rings. The van der Waals surface area contributed by atoms with Crippen LogP contribution in [0, 0.1) is 0 Å². The van der Waals surface area contributed by atoms with Crippen molar-refractivity contribution < 1.29 is 23.8 Å². The summed E-state index contributed by atoms with van der Waals surface area (Å²) in [5, 5.41) is 0. The van der Waals surface area contributed by atoms with Crippen LogP contribution in [0.3, 0.4) is 0 Å². The Morgan fingerprint density at radius 2 is 0.697 bits per heavy atom. The van der Waals surface area contributed by atoms with Crippen molar-refractivity contribution >= 4 is 11.9 Å². The van der Waals surface area contributed by atoms with Crippen LogP contribution in [0.25, 0.3) is 0 Å². The smallest absolute Gasteiger partial charge is 0.306 e. The highest BCUT2D eigenvalue weighted by Crippen LogP contribution is 2.12. The maximum Gasteiger partial charge on any atom is 0.306 e. The van der Waals surface area contributed by atoms with Crippen LogP contribution in [0.4, 0.5) is 0 Å². The zero-order valence-electron chi connectivity index (χ0n) is 42.7. The van der Waals surface area contributed by atoms with Crippen molar-refractivity contribution in [1.82, 2.24) is 0 Å². The number of rotatable bonds is 47. The van der Waals surface area contributed by atoms with E-state index in [1.165, 1.54) is 51.4 Å². The molecular weight excluding hydrogens is 813 g/mol. The predicted molar refractivity (Wildman–Crippen MR) is 288 cm³/mol. The molecule has 0 aromatic carbocycles. The molecule has 0 saturated carbocycles. The van der Waals surface area contributed by atoms with Crippen molar-refractivity contribution in [3.8, 4) is 0 Å². The van der Waals surface area contributed by atoms with Gasteiger partial charge in [0.25, 0.3) is 0 Å². The maximum atomic E-state index is 12.8. The van der Waals surface area contributed by atoms with Crippen LogP contribution < -0.4 is 0 Å². The molecule has 1 unspecified atom stereocenters. The van der Waals surface area contributed by atoms with Gasteiger partial charge in [-0.1, -0.05) is 206 Å². The molecule has 5 heteroatoms. The van der Waals surface area contributed by atoms with Crippen LogP contribution >= 0.6 is 0 Å². The minimum atomic E-state index is -0.593. The first-order chi connectivity index (χ1) is 32.6. The molecule has 0 saturated heterocycles. The van der Waals surface area contributed by atoms with Gasteiger partial charge in [0.15, 0.2) is 6.10 Å². The van der Waals surface area contributed by atoms with Crippen molar-refractivity contribution in [3.05, 3.63) is 134 Å². The van der Waals surface area contributed by atoms with Gasteiger partial charge in [0, 0.05) is 19.4 Å². The summed E-state index contributed by atoms with van der Waals surface area (Å²) in [4.78, 5) is 25.4. The van der Waals surface area contributed by atoms with Crippen molar-refractivity contribution in [2.24, 2.45) is 0 Å². The Morgan fingerprint density at radius 3 is 1.14 bits per heavy atom. The fraction of sp³-hybridized carbons (Fsp3) is 0.607. The van der Waals surface area contributed by atoms with Crippen molar-refractivity contribution in [1.29, 1.82) is 0 Å². The molecule has 372 valence electrons. The Labute approximate surface area is 407 Å². The van der Waals surface area contributed by atoms with E-state index in [0.29, 0.717) is 25.9 Å². The molecular formula is C61H98O5. The number of esters is 2. The number of carbonyl (C=O) groups is 2. The lowest BCUT2D eigenvalue weighted by Gasteiger charge is -2.18. The van der Waals surface area contributed by atoms with Gasteiger partial charge in [-0.25, -0.2) is 0 Å². The second kappa shape index (κ2) is 55.4. The third-order valence-electron chi connectivity index (χ3n) is 10.7. The summed E-state index contributed by atoms with van der Waals surface area (Å²) in [5.41, 5.74) is 0. The molecule has 0 fully saturated rings. The Kier molecular flexibility index (Phi) is 52.0. The van der Waals surface area contributed by atoms with Gasteiger partial charge in [-0.05, 0) is 128 Å². The summed E-state index contributed by atoms with van der Waals surface area (Å²) >= 11 is 0. The fourth-order valence-electron chi connectivity index (χ4n) is 6.74. The second-order valence-corrected chi connectivity index (χ2v) is 17.0. The zero-order valence-corrected chi connectivity index (χ0v) is 42.7. The van der Waals surface area contributed by atoms with E-state index in [4.69, 9.17) is 14.2 Å². The summed E-state index contributed by atoms with van der Waals surface area (Å²) in [7, 11) is 0. The average molecular weight is 911 g/mol. The van der Waals surface area contributed by atoms with Gasteiger partial charge in [0.2, 0.25) is 0 Å². The highest BCUT2D eigenvalue weighted by Gasteiger charge is 2.17. The first-order valence-electron chi connectivity index (χ1n) is 26.7. The molecule has 0 aliphatic carbocycles. The molecule has 0 aliphatic heterocycles. The van der Waals surface area contributed by atoms with Crippen LogP contribution in [0.5, 0.6) is 0 Å².